The van der Waals surface area contributed by atoms with Crippen molar-refractivity contribution in [2.75, 3.05) is 6.61 Å². The van der Waals surface area contributed by atoms with Crippen LogP contribution in [0.15, 0.2) is 30.3 Å². The molecule has 0 bridgehead atoms. The van der Waals surface area contributed by atoms with Crippen LogP contribution in [0.4, 0.5) is 0 Å². The maximum Gasteiger partial charge on any atom is 0.256 e. The van der Waals surface area contributed by atoms with Gasteiger partial charge in [-0.1, -0.05) is 18.2 Å². The molecule has 16 heavy (non-hydrogen) atoms. The molecule has 1 rings (SSSR count). The van der Waals surface area contributed by atoms with Gasteiger partial charge >= 0.3 is 0 Å². The van der Waals surface area contributed by atoms with Crippen LogP contribution in [0, 0.1) is 11.5 Å². The molecule has 0 saturated carbocycles. The summed E-state index contributed by atoms with van der Waals surface area (Å²) >= 11 is 0. The molecular weight excluding hydrogens is 204 g/mol. The van der Waals surface area contributed by atoms with Gasteiger partial charge in [-0.05, 0) is 19.1 Å². The number of benzene rings is 1. The molecule has 0 heterocycles. The number of hydrogen-bond acceptors (Lipinski definition) is 3. The van der Waals surface area contributed by atoms with E-state index in [-0.39, 0.29) is 0 Å². The molecule has 0 saturated heterocycles. The highest BCUT2D eigenvalue weighted by Crippen LogP contribution is 2.19. The first-order valence-corrected chi connectivity index (χ1v) is 4.87. The first-order valence-electron chi connectivity index (χ1n) is 4.87. The van der Waals surface area contributed by atoms with Crippen molar-refractivity contribution >= 4 is 12.0 Å². The largest absolute Gasteiger partial charge is 0.493 e. The molecule has 0 spiro atoms. The van der Waals surface area contributed by atoms with Crippen molar-refractivity contribution in [2.24, 2.45) is 0 Å². The highest BCUT2D eigenvalue weighted by atomic mass is 16.5. The summed E-state index contributed by atoms with van der Waals surface area (Å²) in [6.07, 6.45) is 4.46. The average Bonchev–Trinajstić information content (AvgIpc) is 2.29. The van der Waals surface area contributed by atoms with E-state index < -0.39 is 5.91 Å². The van der Waals surface area contributed by atoms with Gasteiger partial charge in [0.15, 0.2) is 6.19 Å². The number of amides is 1. The van der Waals surface area contributed by atoms with Crippen molar-refractivity contribution in [1.82, 2.24) is 5.32 Å². The number of nitrogens with one attached hydrogen (secondary N) is 1. The fourth-order valence-electron chi connectivity index (χ4n) is 1.17. The third-order valence-corrected chi connectivity index (χ3v) is 1.81. The van der Waals surface area contributed by atoms with Gasteiger partial charge in [0.25, 0.3) is 5.91 Å². The molecule has 0 unspecified atom stereocenters. The monoisotopic (exact) mass is 216 g/mol. The van der Waals surface area contributed by atoms with Gasteiger partial charge < -0.3 is 4.74 Å². The maximum atomic E-state index is 11.0. The van der Waals surface area contributed by atoms with Crippen molar-refractivity contribution in [2.45, 2.75) is 6.92 Å². The summed E-state index contributed by atoms with van der Waals surface area (Å²) in [6.45, 7) is 2.46. The number of carbonyl (C=O) groups excluding carboxylic acids is 1. The first-order chi connectivity index (χ1) is 7.77. The van der Waals surface area contributed by atoms with Gasteiger partial charge in [0.05, 0.1) is 6.61 Å². The van der Waals surface area contributed by atoms with Gasteiger partial charge in [0.2, 0.25) is 0 Å². The van der Waals surface area contributed by atoms with Crippen molar-refractivity contribution in [3.8, 4) is 11.9 Å². The lowest BCUT2D eigenvalue weighted by molar-refractivity contribution is -0.115. The van der Waals surface area contributed by atoms with E-state index in [9.17, 15) is 4.79 Å². The lowest BCUT2D eigenvalue weighted by atomic mass is 10.2. The van der Waals surface area contributed by atoms with E-state index >= 15 is 0 Å². The van der Waals surface area contributed by atoms with Crippen LogP contribution in [0.1, 0.15) is 12.5 Å². The van der Waals surface area contributed by atoms with Gasteiger partial charge in [-0.2, -0.15) is 5.26 Å². The Morgan fingerprint density at radius 2 is 2.31 bits per heavy atom. The number of hydrogen-bond donors (Lipinski definition) is 1. The molecule has 1 N–H and O–H groups in total. The highest BCUT2D eigenvalue weighted by molar-refractivity contribution is 5.92. The Kier molecular flexibility index (Phi) is 4.61. The van der Waals surface area contributed by atoms with Crippen molar-refractivity contribution in [3.63, 3.8) is 0 Å². The Balaban J connectivity index is 2.80. The molecule has 0 radical (unpaired) electrons. The van der Waals surface area contributed by atoms with Crippen molar-refractivity contribution < 1.29 is 9.53 Å². The highest BCUT2D eigenvalue weighted by Gasteiger charge is 1.99. The number of para-hydroxylation sites is 1. The Morgan fingerprint density at radius 1 is 1.56 bits per heavy atom. The van der Waals surface area contributed by atoms with E-state index in [0.717, 1.165) is 5.56 Å². The Hall–Kier alpha value is -2.28. The second kappa shape index (κ2) is 6.25. The van der Waals surface area contributed by atoms with Gasteiger partial charge in [-0.25, -0.2) is 0 Å². The Bertz CT molecular complexity index is 433. The van der Waals surface area contributed by atoms with E-state index in [0.29, 0.717) is 12.4 Å². The lowest BCUT2D eigenvalue weighted by Gasteiger charge is -2.05. The second-order valence-corrected chi connectivity index (χ2v) is 2.91. The normalized spacial score (nSPS) is 9.75. The third-order valence-electron chi connectivity index (χ3n) is 1.81. The Labute approximate surface area is 94.1 Å². The van der Waals surface area contributed by atoms with Crippen LogP contribution in [0.25, 0.3) is 6.08 Å². The van der Waals surface area contributed by atoms with Crippen LogP contribution < -0.4 is 10.1 Å². The van der Waals surface area contributed by atoms with Gasteiger partial charge in [-0.3, -0.25) is 10.1 Å². The van der Waals surface area contributed by atoms with Crippen LogP contribution in [-0.2, 0) is 4.79 Å². The number of carbonyl (C=O) groups is 1. The number of ether oxygens (including phenoxy) is 1. The van der Waals surface area contributed by atoms with Gasteiger partial charge in [0, 0.05) is 11.6 Å². The predicted octanol–water partition coefficient (Wildman–Crippen LogP) is 1.70. The van der Waals surface area contributed by atoms with E-state index in [2.05, 4.69) is 0 Å². The van der Waals surface area contributed by atoms with Crippen LogP contribution in [0.5, 0.6) is 5.75 Å². The van der Waals surface area contributed by atoms with E-state index in [1.807, 2.05) is 36.5 Å². The average molecular weight is 216 g/mol. The zero-order valence-corrected chi connectivity index (χ0v) is 8.93. The van der Waals surface area contributed by atoms with E-state index in [4.69, 9.17) is 10.00 Å². The zero-order valence-electron chi connectivity index (χ0n) is 8.93. The Morgan fingerprint density at radius 3 is 3.00 bits per heavy atom. The molecule has 0 atom stereocenters. The fraction of sp³-hybridized carbons (Fsp3) is 0.167. The van der Waals surface area contributed by atoms with Crippen molar-refractivity contribution in [1.29, 1.82) is 5.26 Å². The van der Waals surface area contributed by atoms with Gasteiger partial charge in [0.1, 0.15) is 5.75 Å². The molecule has 82 valence electrons. The molecule has 0 aliphatic carbocycles. The van der Waals surface area contributed by atoms with Crippen molar-refractivity contribution in [3.05, 3.63) is 35.9 Å². The summed E-state index contributed by atoms with van der Waals surface area (Å²) in [5, 5.41) is 10.2. The predicted molar refractivity (Wildman–Crippen MR) is 60.4 cm³/mol. The van der Waals surface area contributed by atoms with Gasteiger partial charge in [-0.15, -0.1) is 0 Å². The number of nitriles is 1. The van der Waals surface area contributed by atoms with Crippen LogP contribution in [0.2, 0.25) is 0 Å². The minimum Gasteiger partial charge on any atom is -0.493 e. The molecule has 0 aliphatic rings. The molecule has 4 heteroatoms. The maximum absolute atomic E-state index is 11.0. The minimum absolute atomic E-state index is 0.450. The molecule has 4 nitrogen and oxygen atoms in total. The third kappa shape index (κ3) is 3.46. The van der Waals surface area contributed by atoms with Crippen LogP contribution >= 0.6 is 0 Å². The second-order valence-electron chi connectivity index (χ2n) is 2.91. The molecule has 0 aliphatic heterocycles. The summed E-state index contributed by atoms with van der Waals surface area (Å²) in [5.41, 5.74) is 0.803. The smallest absolute Gasteiger partial charge is 0.256 e. The standard InChI is InChI=1S/C12H12N2O2/c1-2-16-11-6-4-3-5-10(11)7-8-12(15)14-9-13/h3-8H,2H2,1H3,(H,14,15). The molecule has 1 aromatic carbocycles. The summed E-state index contributed by atoms with van der Waals surface area (Å²) < 4.78 is 5.38. The topological polar surface area (TPSA) is 62.1 Å². The summed E-state index contributed by atoms with van der Waals surface area (Å²) in [5.74, 6) is 0.264. The first kappa shape index (κ1) is 11.8. The van der Waals surface area contributed by atoms with Crippen LogP contribution in [-0.4, -0.2) is 12.5 Å². The molecular formula is C12H12N2O2. The summed E-state index contributed by atoms with van der Waals surface area (Å²) in [4.78, 5) is 11.0. The van der Waals surface area contributed by atoms with Crippen LogP contribution in [0.3, 0.4) is 0 Å². The SMILES string of the molecule is CCOc1ccccc1C=CC(=O)NC#N. The fourth-order valence-corrected chi connectivity index (χ4v) is 1.17. The molecule has 0 aromatic heterocycles. The minimum atomic E-state index is -0.450. The quantitative estimate of drug-likeness (QED) is 0.473. The number of nitrogens with zero attached hydrogens (tertiary/aromatic N) is 1. The summed E-state index contributed by atoms with van der Waals surface area (Å²) in [7, 11) is 0. The lowest BCUT2D eigenvalue weighted by Crippen LogP contribution is -2.13. The van der Waals surface area contributed by atoms with E-state index in [1.165, 1.54) is 6.08 Å². The molecule has 0 fully saturated rings. The van der Waals surface area contributed by atoms with E-state index in [1.54, 1.807) is 12.3 Å². The molecule has 1 amide bonds. The zero-order chi connectivity index (χ0) is 11.8. The number of rotatable bonds is 4. The summed E-state index contributed by atoms with van der Waals surface area (Å²) in [6, 6.07) is 7.37. The molecule has 1 aromatic rings.